The summed E-state index contributed by atoms with van der Waals surface area (Å²) in [5, 5.41) is 5.88. The van der Waals surface area contributed by atoms with Gasteiger partial charge in [0.1, 0.15) is 0 Å². The molecule has 6 heteroatoms. The van der Waals surface area contributed by atoms with Gasteiger partial charge >= 0.3 is 0 Å². The molecule has 2 unspecified atom stereocenters. The second kappa shape index (κ2) is 6.79. The number of hydrogen-bond acceptors (Lipinski definition) is 4. The summed E-state index contributed by atoms with van der Waals surface area (Å²) in [6.07, 6.45) is 2.00. The highest BCUT2D eigenvalue weighted by Gasteiger charge is 2.23. The number of sulfone groups is 1. The second-order valence-electron chi connectivity index (χ2n) is 6.08. The molecule has 1 aromatic rings. The van der Waals surface area contributed by atoms with Crippen molar-refractivity contribution in [2.24, 2.45) is 0 Å². The van der Waals surface area contributed by atoms with E-state index in [9.17, 15) is 13.2 Å². The largest absolute Gasteiger partial charge is 0.348 e. The molecule has 1 aromatic carbocycles. The number of rotatable bonds is 4. The first-order valence-electron chi connectivity index (χ1n) is 7.70. The molecular formula is C16H24N2O3S. The van der Waals surface area contributed by atoms with Crippen LogP contribution in [0.15, 0.2) is 29.2 Å². The van der Waals surface area contributed by atoms with Gasteiger partial charge in [-0.05, 0) is 64.4 Å². The van der Waals surface area contributed by atoms with Crippen LogP contribution in [0, 0.1) is 0 Å². The Morgan fingerprint density at radius 2 is 1.91 bits per heavy atom. The molecule has 2 N–H and O–H groups in total. The van der Waals surface area contributed by atoms with E-state index in [0.717, 1.165) is 19.4 Å². The first-order valence-corrected chi connectivity index (χ1v) is 9.25. The van der Waals surface area contributed by atoms with Gasteiger partial charge < -0.3 is 10.6 Å². The molecule has 0 aromatic heterocycles. The van der Waals surface area contributed by atoms with Gasteiger partial charge in [-0.15, -0.1) is 0 Å². The lowest BCUT2D eigenvalue weighted by Crippen LogP contribution is -2.51. The van der Waals surface area contributed by atoms with E-state index >= 15 is 0 Å². The maximum atomic E-state index is 12.3. The maximum absolute atomic E-state index is 12.3. The molecule has 1 aliphatic heterocycles. The van der Waals surface area contributed by atoms with Crippen LogP contribution in [0.1, 0.15) is 44.0 Å². The standard InChI is InChI=1S/C16H24N2O3S/c1-11(2)22(20,21)14-8-6-13(7-9-14)16(19)18-15-5-4-10-17-12(15)3/h6-9,11-12,15,17H,4-5,10H2,1-3H3,(H,18,19). The van der Waals surface area contributed by atoms with Gasteiger partial charge in [0.05, 0.1) is 10.1 Å². The molecule has 2 atom stereocenters. The number of benzene rings is 1. The van der Waals surface area contributed by atoms with Gasteiger partial charge in [-0.3, -0.25) is 4.79 Å². The third-order valence-corrected chi connectivity index (χ3v) is 6.31. The molecule has 1 heterocycles. The summed E-state index contributed by atoms with van der Waals surface area (Å²) in [4.78, 5) is 12.5. The molecule has 0 saturated carbocycles. The Bertz CT molecular complexity index is 623. The van der Waals surface area contributed by atoms with E-state index in [0.29, 0.717) is 5.56 Å². The van der Waals surface area contributed by atoms with Crippen molar-refractivity contribution < 1.29 is 13.2 Å². The van der Waals surface area contributed by atoms with E-state index in [4.69, 9.17) is 0 Å². The molecule has 122 valence electrons. The Hall–Kier alpha value is -1.40. The van der Waals surface area contributed by atoms with Crippen molar-refractivity contribution in [2.75, 3.05) is 6.54 Å². The summed E-state index contributed by atoms with van der Waals surface area (Å²) < 4.78 is 24.1. The van der Waals surface area contributed by atoms with Crippen LogP contribution >= 0.6 is 0 Å². The predicted molar refractivity (Wildman–Crippen MR) is 86.7 cm³/mol. The first-order chi connectivity index (χ1) is 10.3. The summed E-state index contributed by atoms with van der Waals surface area (Å²) in [5.74, 6) is -0.158. The third-order valence-electron chi connectivity index (χ3n) is 4.14. The van der Waals surface area contributed by atoms with Crippen LogP contribution < -0.4 is 10.6 Å². The average molecular weight is 324 g/mol. The Morgan fingerprint density at radius 3 is 2.45 bits per heavy atom. The van der Waals surface area contributed by atoms with Gasteiger partial charge in [0, 0.05) is 17.6 Å². The lowest BCUT2D eigenvalue weighted by atomic mass is 9.99. The summed E-state index contributed by atoms with van der Waals surface area (Å²) in [7, 11) is -3.30. The Balaban J connectivity index is 2.08. The lowest BCUT2D eigenvalue weighted by molar-refractivity contribution is 0.0919. The monoisotopic (exact) mass is 324 g/mol. The molecule has 5 nitrogen and oxygen atoms in total. The van der Waals surface area contributed by atoms with Crippen LogP contribution in [0.25, 0.3) is 0 Å². The molecule has 1 saturated heterocycles. The van der Waals surface area contributed by atoms with Gasteiger partial charge in [-0.25, -0.2) is 8.42 Å². The minimum Gasteiger partial charge on any atom is -0.348 e. The lowest BCUT2D eigenvalue weighted by Gasteiger charge is -2.30. The highest BCUT2D eigenvalue weighted by atomic mass is 32.2. The van der Waals surface area contributed by atoms with E-state index in [-0.39, 0.29) is 22.9 Å². The van der Waals surface area contributed by atoms with Crippen molar-refractivity contribution in [3.63, 3.8) is 0 Å². The zero-order chi connectivity index (χ0) is 16.3. The minimum absolute atomic E-state index is 0.111. The molecule has 1 amide bonds. The highest BCUT2D eigenvalue weighted by molar-refractivity contribution is 7.92. The van der Waals surface area contributed by atoms with E-state index < -0.39 is 15.1 Å². The number of amides is 1. The Morgan fingerprint density at radius 1 is 1.27 bits per heavy atom. The van der Waals surface area contributed by atoms with Gasteiger partial charge in [-0.2, -0.15) is 0 Å². The first kappa shape index (κ1) is 17.0. The van der Waals surface area contributed by atoms with E-state index in [2.05, 4.69) is 17.6 Å². The molecule has 0 bridgehead atoms. The number of nitrogens with one attached hydrogen (secondary N) is 2. The van der Waals surface area contributed by atoms with Crippen molar-refractivity contribution in [3.05, 3.63) is 29.8 Å². The average Bonchev–Trinajstić information content (AvgIpc) is 2.49. The summed E-state index contributed by atoms with van der Waals surface area (Å²) in [6, 6.07) is 6.52. The SMILES string of the molecule is CC1NCCCC1NC(=O)c1ccc(S(=O)(=O)C(C)C)cc1. The Kier molecular flexibility index (Phi) is 5.24. The Labute approximate surface area is 132 Å². The molecule has 2 rings (SSSR count). The summed E-state index contributed by atoms with van der Waals surface area (Å²) in [5.41, 5.74) is 0.487. The molecule has 0 aliphatic carbocycles. The number of carbonyl (C=O) groups excluding carboxylic acids is 1. The van der Waals surface area contributed by atoms with Crippen molar-refractivity contribution >= 4 is 15.7 Å². The van der Waals surface area contributed by atoms with Crippen LogP contribution in [0.4, 0.5) is 0 Å². The summed E-state index contributed by atoms with van der Waals surface area (Å²) >= 11 is 0. The normalized spacial score (nSPS) is 22.5. The quantitative estimate of drug-likeness (QED) is 0.884. The fourth-order valence-electron chi connectivity index (χ4n) is 2.56. The van der Waals surface area contributed by atoms with Gasteiger partial charge in [0.15, 0.2) is 9.84 Å². The summed E-state index contributed by atoms with van der Waals surface area (Å²) in [6.45, 7) is 6.33. The fraction of sp³-hybridized carbons (Fsp3) is 0.562. The van der Waals surface area contributed by atoms with Crippen LogP contribution in [-0.2, 0) is 9.84 Å². The topological polar surface area (TPSA) is 75.3 Å². The van der Waals surface area contributed by atoms with E-state index in [1.165, 1.54) is 12.1 Å². The smallest absolute Gasteiger partial charge is 0.251 e. The van der Waals surface area contributed by atoms with Gasteiger partial charge in [-0.1, -0.05) is 0 Å². The number of carbonyl (C=O) groups is 1. The third kappa shape index (κ3) is 3.67. The molecule has 1 aliphatic rings. The van der Waals surface area contributed by atoms with E-state index in [1.807, 2.05) is 0 Å². The molecular weight excluding hydrogens is 300 g/mol. The maximum Gasteiger partial charge on any atom is 0.251 e. The van der Waals surface area contributed by atoms with Crippen molar-refractivity contribution in [1.82, 2.24) is 10.6 Å². The number of piperidine rings is 1. The molecule has 0 radical (unpaired) electrons. The zero-order valence-corrected chi connectivity index (χ0v) is 14.1. The fourth-order valence-corrected chi connectivity index (χ4v) is 3.62. The van der Waals surface area contributed by atoms with Crippen LogP contribution in [0.2, 0.25) is 0 Å². The molecule has 22 heavy (non-hydrogen) atoms. The van der Waals surface area contributed by atoms with Crippen LogP contribution in [0.3, 0.4) is 0 Å². The van der Waals surface area contributed by atoms with Gasteiger partial charge in [0.25, 0.3) is 5.91 Å². The number of hydrogen-bond donors (Lipinski definition) is 2. The molecule has 0 spiro atoms. The van der Waals surface area contributed by atoms with E-state index in [1.54, 1.807) is 26.0 Å². The van der Waals surface area contributed by atoms with Crippen molar-refractivity contribution in [1.29, 1.82) is 0 Å². The predicted octanol–water partition coefficient (Wildman–Crippen LogP) is 1.74. The van der Waals surface area contributed by atoms with Crippen molar-refractivity contribution in [3.8, 4) is 0 Å². The minimum atomic E-state index is -3.30. The van der Waals surface area contributed by atoms with Crippen LogP contribution in [-0.4, -0.2) is 38.2 Å². The highest BCUT2D eigenvalue weighted by Crippen LogP contribution is 2.17. The van der Waals surface area contributed by atoms with Crippen LogP contribution in [0.5, 0.6) is 0 Å². The van der Waals surface area contributed by atoms with Gasteiger partial charge in [0.2, 0.25) is 0 Å². The second-order valence-corrected chi connectivity index (χ2v) is 8.59. The molecule has 1 fully saturated rings. The zero-order valence-electron chi connectivity index (χ0n) is 13.3. The van der Waals surface area contributed by atoms with Crippen molar-refractivity contribution in [2.45, 2.75) is 55.8 Å².